The average Bonchev–Trinajstić information content (AvgIpc) is 2.62. The average molecular weight is 326 g/mol. The summed E-state index contributed by atoms with van der Waals surface area (Å²) in [5.41, 5.74) is 8.05. The van der Waals surface area contributed by atoms with Crippen LogP contribution in [0.2, 0.25) is 0 Å². The first kappa shape index (κ1) is 16.3. The third-order valence-electron chi connectivity index (χ3n) is 4.46. The Morgan fingerprint density at radius 3 is 2.50 bits per heavy atom. The smallest absolute Gasteiger partial charge is 0.168 e. The highest BCUT2D eigenvalue weighted by Crippen LogP contribution is 2.31. The van der Waals surface area contributed by atoms with Crippen LogP contribution in [-0.4, -0.2) is 25.2 Å². The maximum absolute atomic E-state index is 14.3. The third-order valence-corrected chi connectivity index (χ3v) is 4.46. The summed E-state index contributed by atoms with van der Waals surface area (Å²) < 4.78 is 19.7. The Labute approximate surface area is 140 Å². The molecular weight excluding hydrogens is 307 g/mol. The van der Waals surface area contributed by atoms with Crippen molar-refractivity contribution in [3.05, 3.63) is 53.3 Å². The minimum absolute atomic E-state index is 0.0900. The molecule has 1 heterocycles. The lowest BCUT2D eigenvalue weighted by molar-refractivity contribution is -0.102. The van der Waals surface area contributed by atoms with Crippen molar-refractivity contribution in [2.24, 2.45) is 0 Å². The fourth-order valence-corrected chi connectivity index (χ4v) is 3.07. The molecule has 0 atom stereocenters. The molecule has 2 aromatic carbocycles. The molecule has 0 radical (unpaired) electrons. The van der Waals surface area contributed by atoms with Gasteiger partial charge < -0.3 is 10.5 Å². The van der Waals surface area contributed by atoms with Gasteiger partial charge in [0.05, 0.1) is 0 Å². The molecule has 0 aliphatic carbocycles. The zero-order valence-electron chi connectivity index (χ0n) is 13.2. The second-order valence-corrected chi connectivity index (χ2v) is 5.96. The Kier molecular flexibility index (Phi) is 4.71. The largest absolute Gasteiger partial charge is 0.398 e. The number of nitrogen functional groups attached to an aromatic ring is 1. The quantitative estimate of drug-likeness (QED) is 0.512. The van der Waals surface area contributed by atoms with Crippen LogP contribution in [0.5, 0.6) is 0 Å². The number of rotatable bonds is 4. The van der Waals surface area contributed by atoms with Crippen LogP contribution in [0.15, 0.2) is 36.4 Å². The lowest BCUT2D eigenvalue weighted by atomic mass is 9.90. The first-order chi connectivity index (χ1) is 11.6. The van der Waals surface area contributed by atoms with E-state index < -0.39 is 5.82 Å². The van der Waals surface area contributed by atoms with E-state index in [0.717, 1.165) is 32.1 Å². The number of halogens is 1. The summed E-state index contributed by atoms with van der Waals surface area (Å²) in [6, 6.07) is 10.4. The van der Waals surface area contributed by atoms with Crippen LogP contribution in [0.25, 0.3) is 11.1 Å². The summed E-state index contributed by atoms with van der Waals surface area (Å²) in [4.78, 5) is 10.8. The van der Waals surface area contributed by atoms with E-state index >= 15 is 0 Å². The molecule has 1 aliphatic rings. The second kappa shape index (κ2) is 6.93. The van der Waals surface area contributed by atoms with Gasteiger partial charge in [-0.15, -0.1) is 0 Å². The van der Waals surface area contributed by atoms with Gasteiger partial charge in [0, 0.05) is 30.0 Å². The number of nitrogens with two attached hydrogens (primary N) is 1. The van der Waals surface area contributed by atoms with Gasteiger partial charge in [0.25, 0.3) is 0 Å². The molecule has 0 spiro atoms. The zero-order valence-corrected chi connectivity index (χ0v) is 13.2. The molecule has 1 aliphatic heterocycles. The van der Waals surface area contributed by atoms with Crippen molar-refractivity contribution in [2.75, 3.05) is 18.9 Å². The van der Waals surface area contributed by atoms with E-state index in [4.69, 9.17) is 15.9 Å². The van der Waals surface area contributed by atoms with Gasteiger partial charge >= 0.3 is 0 Å². The summed E-state index contributed by atoms with van der Waals surface area (Å²) in [7, 11) is 0. The Balaban J connectivity index is 1.93. The molecule has 0 unspecified atom stereocenters. The van der Waals surface area contributed by atoms with Gasteiger partial charge in [-0.05, 0) is 42.0 Å². The predicted octanol–water partition coefficient (Wildman–Crippen LogP) is 3.54. The van der Waals surface area contributed by atoms with E-state index in [-0.39, 0.29) is 17.0 Å². The van der Waals surface area contributed by atoms with Gasteiger partial charge in [0.1, 0.15) is 11.5 Å². The maximum atomic E-state index is 14.3. The van der Waals surface area contributed by atoms with Crippen molar-refractivity contribution < 1.29 is 13.9 Å². The van der Waals surface area contributed by atoms with E-state index in [1.54, 1.807) is 0 Å². The van der Waals surface area contributed by atoms with Crippen molar-refractivity contribution in [1.82, 2.24) is 0 Å². The topological polar surface area (TPSA) is 76.2 Å². The SMILES string of the molecule is N=C(C=O)c1cc(-c2ccc(C3CCOCC3)cc2)c(F)cc1N. The van der Waals surface area contributed by atoms with Crippen LogP contribution in [0.4, 0.5) is 10.1 Å². The fourth-order valence-electron chi connectivity index (χ4n) is 3.07. The number of aldehydes is 1. The van der Waals surface area contributed by atoms with Crippen molar-refractivity contribution in [3.8, 4) is 11.1 Å². The van der Waals surface area contributed by atoms with Crippen LogP contribution in [0.3, 0.4) is 0 Å². The molecular formula is C19H19FN2O2. The fraction of sp³-hybridized carbons (Fsp3) is 0.263. The molecule has 3 N–H and O–H groups in total. The Hall–Kier alpha value is -2.53. The van der Waals surface area contributed by atoms with E-state index in [2.05, 4.69) is 0 Å². The number of hydrogen-bond donors (Lipinski definition) is 2. The molecule has 1 fully saturated rings. The molecule has 24 heavy (non-hydrogen) atoms. The van der Waals surface area contributed by atoms with Gasteiger partial charge in [-0.25, -0.2) is 4.39 Å². The van der Waals surface area contributed by atoms with E-state index in [9.17, 15) is 9.18 Å². The molecule has 0 aromatic heterocycles. The summed E-state index contributed by atoms with van der Waals surface area (Å²) in [5.74, 6) is 0.0108. The number of carbonyl (C=O) groups is 1. The van der Waals surface area contributed by atoms with Crippen molar-refractivity contribution in [1.29, 1.82) is 5.41 Å². The molecule has 1 saturated heterocycles. The monoisotopic (exact) mass is 326 g/mol. The Bertz CT molecular complexity index is 766. The minimum atomic E-state index is -0.464. The highest BCUT2D eigenvalue weighted by molar-refractivity contribution is 6.36. The molecule has 4 nitrogen and oxygen atoms in total. The molecule has 2 aromatic rings. The lowest BCUT2D eigenvalue weighted by Gasteiger charge is -2.22. The van der Waals surface area contributed by atoms with E-state index in [1.165, 1.54) is 11.6 Å². The molecule has 0 bridgehead atoms. The van der Waals surface area contributed by atoms with Crippen LogP contribution in [0.1, 0.15) is 29.9 Å². The number of carbonyl (C=O) groups excluding carboxylic acids is 1. The van der Waals surface area contributed by atoms with Crippen molar-refractivity contribution >= 4 is 17.7 Å². The third kappa shape index (κ3) is 3.21. The number of benzene rings is 2. The van der Waals surface area contributed by atoms with Gasteiger partial charge in [-0.2, -0.15) is 0 Å². The highest BCUT2D eigenvalue weighted by Gasteiger charge is 2.17. The number of nitrogens with one attached hydrogen (secondary N) is 1. The zero-order chi connectivity index (χ0) is 17.1. The molecule has 5 heteroatoms. The van der Waals surface area contributed by atoms with Crippen LogP contribution >= 0.6 is 0 Å². The Morgan fingerprint density at radius 1 is 1.21 bits per heavy atom. The Morgan fingerprint density at radius 2 is 1.88 bits per heavy atom. The van der Waals surface area contributed by atoms with Crippen molar-refractivity contribution in [3.63, 3.8) is 0 Å². The van der Waals surface area contributed by atoms with E-state index in [1.807, 2.05) is 24.3 Å². The number of hydrogen-bond acceptors (Lipinski definition) is 4. The van der Waals surface area contributed by atoms with Crippen LogP contribution in [-0.2, 0) is 9.53 Å². The minimum Gasteiger partial charge on any atom is -0.398 e. The summed E-state index contributed by atoms with van der Waals surface area (Å²) in [5, 5.41) is 7.63. The second-order valence-electron chi connectivity index (χ2n) is 5.96. The molecule has 0 amide bonds. The number of ether oxygens (including phenoxy) is 1. The molecule has 124 valence electrons. The normalized spacial score (nSPS) is 15.2. The first-order valence-corrected chi connectivity index (χ1v) is 7.91. The predicted molar refractivity (Wildman–Crippen MR) is 91.9 cm³/mol. The van der Waals surface area contributed by atoms with Gasteiger partial charge in [0.2, 0.25) is 0 Å². The van der Waals surface area contributed by atoms with Crippen molar-refractivity contribution in [2.45, 2.75) is 18.8 Å². The summed E-state index contributed by atoms with van der Waals surface area (Å²) in [6.45, 7) is 1.55. The van der Waals surface area contributed by atoms with Crippen LogP contribution < -0.4 is 5.73 Å². The van der Waals surface area contributed by atoms with Gasteiger partial charge in [-0.3, -0.25) is 10.2 Å². The van der Waals surface area contributed by atoms with Crippen LogP contribution in [0, 0.1) is 11.2 Å². The first-order valence-electron chi connectivity index (χ1n) is 7.91. The lowest BCUT2D eigenvalue weighted by Crippen LogP contribution is -2.13. The van der Waals surface area contributed by atoms with Gasteiger partial charge in [-0.1, -0.05) is 24.3 Å². The standard InChI is InChI=1S/C19H19FN2O2/c20-17-10-18(21)16(19(22)11-23)9-15(17)14-3-1-12(2-4-14)13-5-7-24-8-6-13/h1-4,9-11,13,22H,5-8,21H2. The molecule has 0 saturated carbocycles. The summed E-state index contributed by atoms with van der Waals surface area (Å²) >= 11 is 0. The number of anilines is 1. The highest BCUT2D eigenvalue weighted by atomic mass is 19.1. The maximum Gasteiger partial charge on any atom is 0.168 e. The molecule has 3 rings (SSSR count). The summed E-state index contributed by atoms with van der Waals surface area (Å²) in [6.07, 6.45) is 2.40. The van der Waals surface area contributed by atoms with Gasteiger partial charge in [0.15, 0.2) is 6.29 Å². The van der Waals surface area contributed by atoms with E-state index in [0.29, 0.717) is 23.3 Å².